The highest BCUT2D eigenvalue weighted by Crippen LogP contribution is 2.31. The Morgan fingerprint density at radius 1 is 0.550 bits per heavy atom. The van der Waals surface area contributed by atoms with Gasteiger partial charge in [0.25, 0.3) is 0 Å². The van der Waals surface area contributed by atoms with Crippen molar-refractivity contribution in [1.29, 1.82) is 0 Å². The number of hydrogen-bond acceptors (Lipinski definition) is 3. The quantitative estimate of drug-likeness (QED) is 0.225. The largest absolute Gasteiger partial charge is 0.326 e. The molecule has 0 saturated heterocycles. The van der Waals surface area contributed by atoms with Crippen molar-refractivity contribution >= 4 is 33.4 Å². The Kier molecular flexibility index (Phi) is 8.25. The number of hydrogen-bond donors (Lipinski definition) is 1. The molecule has 0 aliphatic heterocycles. The van der Waals surface area contributed by atoms with Gasteiger partial charge in [-0.3, -0.25) is 0 Å². The van der Waals surface area contributed by atoms with Gasteiger partial charge in [0.05, 0.1) is 22.4 Å². The van der Waals surface area contributed by atoms with E-state index in [1.807, 2.05) is 24.3 Å². The summed E-state index contributed by atoms with van der Waals surface area (Å²) in [5.74, 6) is 0.473. The zero-order valence-electron chi connectivity index (χ0n) is 23.5. The highest BCUT2D eigenvalue weighted by molar-refractivity contribution is 6.17. The molecule has 0 aliphatic rings. The second-order valence-electron chi connectivity index (χ2n) is 10.3. The first-order chi connectivity index (χ1) is 19.4. The molecule has 4 heteroatoms. The Morgan fingerprint density at radius 2 is 0.975 bits per heavy atom. The summed E-state index contributed by atoms with van der Waals surface area (Å²) < 4.78 is 0. The molecular formula is C36H34ClN3. The number of para-hydroxylation sites is 2. The summed E-state index contributed by atoms with van der Waals surface area (Å²) in [5.41, 5.74) is 19.4. The van der Waals surface area contributed by atoms with Crippen LogP contribution in [0.25, 0.3) is 44.3 Å². The van der Waals surface area contributed by atoms with Gasteiger partial charge in [-0.1, -0.05) is 84.9 Å². The first-order valence-electron chi connectivity index (χ1n) is 13.6. The van der Waals surface area contributed by atoms with E-state index in [9.17, 15) is 0 Å². The standard InChI is InChI=1S/C18H16ClN.C18H18N2/c2*1-12-6-3-4-9-16(12)18-15(11-19)10-14-8-5-7-13(2)17(14)20-18/h3-10H,11H2,1-2H3;3-10H,11,19H2,1-2H3. The van der Waals surface area contributed by atoms with E-state index in [0.29, 0.717) is 12.4 Å². The van der Waals surface area contributed by atoms with Crippen molar-refractivity contribution in [2.75, 3.05) is 0 Å². The lowest BCUT2D eigenvalue weighted by molar-refractivity contribution is 1.06. The number of alkyl halides is 1. The first-order valence-corrected chi connectivity index (χ1v) is 14.1. The van der Waals surface area contributed by atoms with Crippen LogP contribution < -0.4 is 5.73 Å². The van der Waals surface area contributed by atoms with Crippen LogP contribution in [0.4, 0.5) is 0 Å². The van der Waals surface area contributed by atoms with Crippen LogP contribution in [0, 0.1) is 27.7 Å². The van der Waals surface area contributed by atoms with Crippen molar-refractivity contribution in [3.8, 4) is 22.5 Å². The van der Waals surface area contributed by atoms with Crippen LogP contribution >= 0.6 is 11.6 Å². The molecule has 0 atom stereocenters. The Hall–Kier alpha value is -4.05. The lowest BCUT2D eigenvalue weighted by atomic mass is 9.99. The van der Waals surface area contributed by atoms with Crippen molar-refractivity contribution in [3.05, 3.63) is 130 Å². The Labute approximate surface area is 241 Å². The van der Waals surface area contributed by atoms with E-state index in [1.54, 1.807) is 0 Å². The molecule has 0 saturated carbocycles. The third-order valence-corrected chi connectivity index (χ3v) is 7.71. The zero-order valence-corrected chi connectivity index (χ0v) is 24.3. The van der Waals surface area contributed by atoms with E-state index in [1.165, 1.54) is 22.3 Å². The lowest BCUT2D eigenvalue weighted by Crippen LogP contribution is -2.02. The average Bonchev–Trinajstić information content (AvgIpc) is 2.97. The van der Waals surface area contributed by atoms with Crippen molar-refractivity contribution in [2.24, 2.45) is 5.73 Å². The highest BCUT2D eigenvalue weighted by Gasteiger charge is 2.12. The van der Waals surface area contributed by atoms with Crippen molar-refractivity contribution in [3.63, 3.8) is 0 Å². The summed E-state index contributed by atoms with van der Waals surface area (Å²) in [6.07, 6.45) is 0. The van der Waals surface area contributed by atoms with Crippen LogP contribution in [-0.2, 0) is 12.4 Å². The number of benzene rings is 4. The number of halogens is 1. The monoisotopic (exact) mass is 543 g/mol. The maximum absolute atomic E-state index is 6.13. The van der Waals surface area contributed by atoms with Crippen LogP contribution in [0.5, 0.6) is 0 Å². The van der Waals surface area contributed by atoms with Crippen LogP contribution in [0.1, 0.15) is 33.4 Å². The minimum Gasteiger partial charge on any atom is -0.326 e. The van der Waals surface area contributed by atoms with Gasteiger partial charge in [0, 0.05) is 34.3 Å². The normalized spacial score (nSPS) is 10.9. The zero-order chi connectivity index (χ0) is 28.2. The topological polar surface area (TPSA) is 51.8 Å². The lowest BCUT2D eigenvalue weighted by Gasteiger charge is -2.12. The number of pyridine rings is 2. The van der Waals surface area contributed by atoms with E-state index < -0.39 is 0 Å². The van der Waals surface area contributed by atoms with Gasteiger partial charge in [-0.15, -0.1) is 11.6 Å². The predicted molar refractivity (Wildman–Crippen MR) is 171 cm³/mol. The van der Waals surface area contributed by atoms with Crippen LogP contribution in [0.15, 0.2) is 97.1 Å². The van der Waals surface area contributed by atoms with Crippen LogP contribution in [0.3, 0.4) is 0 Å². The van der Waals surface area contributed by atoms with E-state index >= 15 is 0 Å². The summed E-state index contributed by atoms with van der Waals surface area (Å²) >= 11 is 6.13. The molecule has 0 spiro atoms. The van der Waals surface area contributed by atoms with Gasteiger partial charge in [0.2, 0.25) is 0 Å². The predicted octanol–water partition coefficient (Wildman–Crippen LogP) is 9.23. The molecular weight excluding hydrogens is 510 g/mol. The minimum absolute atomic E-state index is 0.473. The van der Waals surface area contributed by atoms with Crippen LogP contribution in [0.2, 0.25) is 0 Å². The van der Waals surface area contributed by atoms with Gasteiger partial charge < -0.3 is 5.73 Å². The van der Waals surface area contributed by atoms with E-state index in [2.05, 4.69) is 100 Å². The number of aromatic nitrogens is 2. The second kappa shape index (κ2) is 12.0. The number of nitrogens with zero attached hydrogens (tertiary/aromatic N) is 2. The Balaban J connectivity index is 0.000000161. The third-order valence-electron chi connectivity index (χ3n) is 7.42. The van der Waals surface area contributed by atoms with Crippen LogP contribution in [-0.4, -0.2) is 9.97 Å². The minimum atomic E-state index is 0.473. The molecule has 4 aromatic carbocycles. The first kappa shape index (κ1) is 27.5. The summed E-state index contributed by atoms with van der Waals surface area (Å²) in [5, 5.41) is 2.31. The number of aryl methyl sites for hydroxylation is 4. The highest BCUT2D eigenvalue weighted by atomic mass is 35.5. The summed E-state index contributed by atoms with van der Waals surface area (Å²) in [7, 11) is 0. The summed E-state index contributed by atoms with van der Waals surface area (Å²) in [4.78, 5) is 9.79. The fourth-order valence-corrected chi connectivity index (χ4v) is 5.39. The molecule has 2 aromatic heterocycles. The molecule has 6 rings (SSSR count). The van der Waals surface area contributed by atoms with E-state index in [0.717, 1.165) is 55.4 Å². The third kappa shape index (κ3) is 5.49. The molecule has 2 N–H and O–H groups in total. The molecule has 0 bridgehead atoms. The molecule has 40 heavy (non-hydrogen) atoms. The Morgan fingerprint density at radius 3 is 1.43 bits per heavy atom. The van der Waals surface area contributed by atoms with E-state index in [-0.39, 0.29) is 0 Å². The van der Waals surface area contributed by atoms with Gasteiger partial charge >= 0.3 is 0 Å². The van der Waals surface area contributed by atoms with Gasteiger partial charge in [-0.05, 0) is 73.2 Å². The van der Waals surface area contributed by atoms with Gasteiger partial charge in [0.15, 0.2) is 0 Å². The SMILES string of the molecule is Cc1ccccc1-c1nc2c(C)cccc2cc1CCl.Cc1ccccc1-c1nc2c(C)cccc2cc1CN. The molecule has 0 unspecified atom stereocenters. The summed E-state index contributed by atoms with van der Waals surface area (Å²) in [6.45, 7) is 8.91. The average molecular weight is 544 g/mol. The molecule has 0 amide bonds. The molecule has 200 valence electrons. The molecule has 6 aromatic rings. The van der Waals surface area contributed by atoms with Gasteiger partial charge in [0.1, 0.15) is 0 Å². The van der Waals surface area contributed by atoms with Crippen molar-refractivity contribution < 1.29 is 0 Å². The maximum atomic E-state index is 6.13. The van der Waals surface area contributed by atoms with Crippen molar-refractivity contribution in [2.45, 2.75) is 40.1 Å². The Bertz CT molecular complexity index is 1690. The maximum Gasteiger partial charge on any atom is 0.0757 e. The summed E-state index contributed by atoms with van der Waals surface area (Å²) in [6, 6.07) is 33.4. The fourth-order valence-electron chi connectivity index (χ4n) is 5.18. The molecule has 3 nitrogen and oxygen atoms in total. The van der Waals surface area contributed by atoms with Gasteiger partial charge in [-0.25, -0.2) is 9.97 Å². The smallest absolute Gasteiger partial charge is 0.0757 e. The molecule has 0 aliphatic carbocycles. The number of fused-ring (bicyclic) bond motifs is 2. The number of rotatable bonds is 4. The van der Waals surface area contributed by atoms with E-state index in [4.69, 9.17) is 27.3 Å². The number of nitrogens with two attached hydrogens (primary N) is 1. The van der Waals surface area contributed by atoms with Crippen molar-refractivity contribution in [1.82, 2.24) is 9.97 Å². The fraction of sp³-hybridized carbons (Fsp3) is 0.167. The molecule has 0 fully saturated rings. The second-order valence-corrected chi connectivity index (χ2v) is 10.5. The van der Waals surface area contributed by atoms with Gasteiger partial charge in [-0.2, -0.15) is 0 Å². The molecule has 0 radical (unpaired) electrons. The molecule has 2 heterocycles.